The van der Waals surface area contributed by atoms with Crippen LogP contribution in [0, 0.1) is 0 Å². The predicted molar refractivity (Wildman–Crippen MR) is 92.0 cm³/mol. The molecule has 1 amide bonds. The zero-order valence-electron chi connectivity index (χ0n) is 14.0. The number of ether oxygens (including phenoxy) is 1. The minimum absolute atomic E-state index is 0.00456. The molecule has 0 aliphatic rings. The molecule has 5 nitrogen and oxygen atoms in total. The number of Topliss-reactive ketones (excluding diaryl/α,β-unsaturated/α-hetero) is 1. The Morgan fingerprint density at radius 3 is 2.67 bits per heavy atom. The van der Waals surface area contributed by atoms with Crippen molar-refractivity contribution in [2.24, 2.45) is 0 Å². The third kappa shape index (κ3) is 5.50. The molecule has 2 rings (SSSR count). The second-order valence-electron chi connectivity index (χ2n) is 5.61. The maximum absolute atomic E-state index is 12.0. The van der Waals surface area contributed by atoms with Crippen LogP contribution in [-0.2, 0) is 4.79 Å². The minimum Gasteiger partial charge on any atom is -0.494 e. The highest BCUT2D eigenvalue weighted by atomic mass is 16.5. The van der Waals surface area contributed by atoms with Gasteiger partial charge in [0.2, 0.25) is 5.91 Å². The van der Waals surface area contributed by atoms with Gasteiger partial charge in [-0.15, -0.1) is 0 Å². The number of ketones is 1. The molecule has 0 bridgehead atoms. The molecule has 5 heteroatoms. The molecule has 1 N–H and O–H groups in total. The lowest BCUT2D eigenvalue weighted by Gasteiger charge is -2.14. The molecular formula is C19H22N2O3. The number of aromatic nitrogens is 1. The quantitative estimate of drug-likeness (QED) is 0.597. The summed E-state index contributed by atoms with van der Waals surface area (Å²) in [5, 5.41) is 2.95. The van der Waals surface area contributed by atoms with Crippen molar-refractivity contribution in [1.29, 1.82) is 0 Å². The Morgan fingerprint density at radius 1 is 1.21 bits per heavy atom. The fourth-order valence-electron chi connectivity index (χ4n) is 2.28. The van der Waals surface area contributed by atoms with Crippen molar-refractivity contribution in [3.8, 4) is 5.75 Å². The molecule has 126 valence electrons. The van der Waals surface area contributed by atoms with Gasteiger partial charge in [-0.2, -0.15) is 0 Å². The standard InChI is InChI=1S/C19H22N2O3/c1-14(16-8-10-20-11-9-16)21-19(23)7-4-12-24-18-6-3-5-17(13-18)15(2)22/h3,5-6,8-11,13-14H,4,7,12H2,1-2H3,(H,21,23)/t14-/m1/s1. The number of benzene rings is 1. The predicted octanol–water partition coefficient (Wildman–Crippen LogP) is 3.32. The first kappa shape index (κ1) is 17.7. The van der Waals surface area contributed by atoms with E-state index in [0.29, 0.717) is 30.8 Å². The Labute approximate surface area is 142 Å². The average Bonchev–Trinajstić information content (AvgIpc) is 2.59. The molecular weight excluding hydrogens is 304 g/mol. The van der Waals surface area contributed by atoms with Crippen LogP contribution in [0.2, 0.25) is 0 Å². The number of rotatable bonds is 8. The molecule has 0 saturated heterocycles. The van der Waals surface area contributed by atoms with Crippen LogP contribution in [0.25, 0.3) is 0 Å². The summed E-state index contributed by atoms with van der Waals surface area (Å²) >= 11 is 0. The molecule has 24 heavy (non-hydrogen) atoms. The van der Waals surface area contributed by atoms with Gasteiger partial charge in [-0.3, -0.25) is 14.6 Å². The second-order valence-corrected chi connectivity index (χ2v) is 5.61. The summed E-state index contributed by atoms with van der Waals surface area (Å²) in [7, 11) is 0. The molecule has 0 radical (unpaired) electrons. The van der Waals surface area contributed by atoms with Gasteiger partial charge in [0.25, 0.3) is 0 Å². The first-order valence-corrected chi connectivity index (χ1v) is 7.99. The summed E-state index contributed by atoms with van der Waals surface area (Å²) < 4.78 is 5.60. The molecule has 0 fully saturated rings. The monoisotopic (exact) mass is 326 g/mol. The number of carbonyl (C=O) groups is 2. The van der Waals surface area contributed by atoms with E-state index in [1.54, 1.807) is 36.7 Å². The highest BCUT2D eigenvalue weighted by Crippen LogP contribution is 2.14. The maximum Gasteiger partial charge on any atom is 0.220 e. The van der Waals surface area contributed by atoms with Crippen molar-refractivity contribution in [2.45, 2.75) is 32.7 Å². The van der Waals surface area contributed by atoms with E-state index in [1.807, 2.05) is 19.1 Å². The fourth-order valence-corrected chi connectivity index (χ4v) is 2.28. The highest BCUT2D eigenvalue weighted by molar-refractivity contribution is 5.94. The highest BCUT2D eigenvalue weighted by Gasteiger charge is 2.09. The van der Waals surface area contributed by atoms with Crippen molar-refractivity contribution in [3.63, 3.8) is 0 Å². The Kier molecular flexibility index (Phi) is 6.49. The van der Waals surface area contributed by atoms with Gasteiger partial charge in [0.05, 0.1) is 12.6 Å². The molecule has 0 aliphatic heterocycles. The van der Waals surface area contributed by atoms with E-state index in [1.165, 1.54) is 6.92 Å². The Morgan fingerprint density at radius 2 is 1.96 bits per heavy atom. The van der Waals surface area contributed by atoms with E-state index in [4.69, 9.17) is 4.74 Å². The zero-order valence-corrected chi connectivity index (χ0v) is 14.0. The summed E-state index contributed by atoms with van der Waals surface area (Å²) in [5.41, 5.74) is 1.65. The molecule has 0 aliphatic carbocycles. The lowest BCUT2D eigenvalue weighted by molar-refractivity contribution is -0.121. The Balaban J connectivity index is 1.71. The lowest BCUT2D eigenvalue weighted by atomic mass is 10.1. The number of hydrogen-bond acceptors (Lipinski definition) is 4. The van der Waals surface area contributed by atoms with Crippen LogP contribution in [0.1, 0.15) is 48.7 Å². The smallest absolute Gasteiger partial charge is 0.220 e. The van der Waals surface area contributed by atoms with Crippen LogP contribution in [-0.4, -0.2) is 23.3 Å². The molecule has 0 unspecified atom stereocenters. The minimum atomic E-state index is -0.0475. The van der Waals surface area contributed by atoms with E-state index in [2.05, 4.69) is 10.3 Å². The third-order valence-corrected chi connectivity index (χ3v) is 3.64. The van der Waals surface area contributed by atoms with Crippen molar-refractivity contribution in [2.75, 3.05) is 6.61 Å². The van der Waals surface area contributed by atoms with Crippen molar-refractivity contribution in [3.05, 3.63) is 59.9 Å². The van der Waals surface area contributed by atoms with Crippen LogP contribution in [0.15, 0.2) is 48.8 Å². The van der Waals surface area contributed by atoms with Crippen molar-refractivity contribution in [1.82, 2.24) is 10.3 Å². The normalized spacial score (nSPS) is 11.6. The largest absolute Gasteiger partial charge is 0.494 e. The SMILES string of the molecule is CC(=O)c1cccc(OCCCC(=O)N[C@H](C)c2ccncc2)c1. The van der Waals surface area contributed by atoms with Crippen molar-refractivity contribution >= 4 is 11.7 Å². The summed E-state index contributed by atoms with van der Waals surface area (Å²) in [4.78, 5) is 27.2. The Bertz CT molecular complexity index is 686. The zero-order chi connectivity index (χ0) is 17.4. The van der Waals surface area contributed by atoms with Crippen LogP contribution in [0.4, 0.5) is 0 Å². The number of amides is 1. The second kappa shape index (κ2) is 8.82. The molecule has 1 aromatic heterocycles. The van der Waals surface area contributed by atoms with Gasteiger partial charge < -0.3 is 10.1 Å². The van der Waals surface area contributed by atoms with Gasteiger partial charge in [0.15, 0.2) is 5.78 Å². The van der Waals surface area contributed by atoms with Gasteiger partial charge in [-0.25, -0.2) is 0 Å². The van der Waals surface area contributed by atoms with E-state index in [9.17, 15) is 9.59 Å². The van der Waals surface area contributed by atoms with Gasteiger partial charge in [0.1, 0.15) is 5.75 Å². The van der Waals surface area contributed by atoms with E-state index in [0.717, 1.165) is 5.56 Å². The van der Waals surface area contributed by atoms with Crippen LogP contribution in [0.3, 0.4) is 0 Å². The molecule has 0 saturated carbocycles. The van der Waals surface area contributed by atoms with E-state index >= 15 is 0 Å². The molecule has 1 aromatic carbocycles. The van der Waals surface area contributed by atoms with Crippen molar-refractivity contribution < 1.29 is 14.3 Å². The summed E-state index contributed by atoms with van der Waals surface area (Å²) in [5.74, 6) is 0.638. The summed E-state index contributed by atoms with van der Waals surface area (Å²) in [6, 6.07) is 10.8. The fraction of sp³-hybridized carbons (Fsp3) is 0.316. The molecule has 2 aromatic rings. The summed E-state index contributed by atoms with van der Waals surface area (Å²) in [6.45, 7) is 3.89. The number of nitrogens with one attached hydrogen (secondary N) is 1. The van der Waals surface area contributed by atoms with Gasteiger partial charge in [-0.05, 0) is 50.1 Å². The summed E-state index contributed by atoms with van der Waals surface area (Å²) in [6.07, 6.45) is 4.42. The topological polar surface area (TPSA) is 68.3 Å². The van der Waals surface area contributed by atoms with Gasteiger partial charge in [0, 0.05) is 24.4 Å². The maximum atomic E-state index is 12.0. The first-order valence-electron chi connectivity index (χ1n) is 7.99. The lowest BCUT2D eigenvalue weighted by Crippen LogP contribution is -2.26. The van der Waals surface area contributed by atoms with Gasteiger partial charge in [-0.1, -0.05) is 12.1 Å². The Hall–Kier alpha value is -2.69. The third-order valence-electron chi connectivity index (χ3n) is 3.64. The van der Waals surface area contributed by atoms with Crippen LogP contribution < -0.4 is 10.1 Å². The molecule has 1 atom stereocenters. The van der Waals surface area contributed by atoms with Gasteiger partial charge >= 0.3 is 0 Å². The van der Waals surface area contributed by atoms with E-state index < -0.39 is 0 Å². The first-order chi connectivity index (χ1) is 11.6. The number of nitrogens with zero attached hydrogens (tertiary/aromatic N) is 1. The molecule has 0 spiro atoms. The average molecular weight is 326 g/mol. The number of carbonyl (C=O) groups excluding carboxylic acids is 2. The number of hydrogen-bond donors (Lipinski definition) is 1. The van der Waals surface area contributed by atoms with E-state index in [-0.39, 0.29) is 17.7 Å². The number of pyridine rings is 1. The molecule has 1 heterocycles. The van der Waals surface area contributed by atoms with Crippen LogP contribution >= 0.6 is 0 Å². The van der Waals surface area contributed by atoms with Crippen LogP contribution in [0.5, 0.6) is 5.75 Å².